The summed E-state index contributed by atoms with van der Waals surface area (Å²) >= 11 is 0. The molecule has 1 amide bonds. The van der Waals surface area contributed by atoms with Gasteiger partial charge in [-0.1, -0.05) is 12.1 Å². The number of amides is 1. The smallest absolute Gasteiger partial charge is 0.248 e. The quantitative estimate of drug-likeness (QED) is 0.552. The first-order valence-electron chi connectivity index (χ1n) is 6.46. The topological polar surface area (TPSA) is 79.5 Å². The summed E-state index contributed by atoms with van der Waals surface area (Å²) < 4.78 is 0. The zero-order valence-corrected chi connectivity index (χ0v) is 11.7. The molecule has 0 fully saturated rings. The van der Waals surface area contributed by atoms with Crippen molar-refractivity contribution in [2.24, 2.45) is 10.7 Å². The number of primary amides is 1. The summed E-state index contributed by atoms with van der Waals surface area (Å²) in [5.74, 6) is 0.376. The third-order valence-corrected chi connectivity index (χ3v) is 2.43. The molecule has 0 aromatic heterocycles. The second kappa shape index (κ2) is 7.41. The number of nitrogens with zero attached hydrogens (tertiary/aromatic N) is 1. The summed E-state index contributed by atoms with van der Waals surface area (Å²) in [5, 5.41) is 6.42. The molecule has 0 atom stereocenters. The SMILES string of the molecule is CCNC(=NCc1ccc(C(N)=O)cc1)NC(C)C. The average Bonchev–Trinajstić information content (AvgIpc) is 2.36. The molecule has 0 bridgehead atoms. The summed E-state index contributed by atoms with van der Waals surface area (Å²) in [4.78, 5) is 15.4. The Morgan fingerprint density at radius 2 is 1.95 bits per heavy atom. The maximum Gasteiger partial charge on any atom is 0.248 e. The number of benzene rings is 1. The molecule has 0 saturated heterocycles. The Hall–Kier alpha value is -2.04. The van der Waals surface area contributed by atoms with E-state index in [4.69, 9.17) is 5.73 Å². The van der Waals surface area contributed by atoms with Gasteiger partial charge in [0.15, 0.2) is 5.96 Å². The average molecular weight is 262 g/mol. The van der Waals surface area contributed by atoms with Gasteiger partial charge in [0, 0.05) is 18.2 Å². The van der Waals surface area contributed by atoms with Crippen molar-refractivity contribution in [1.82, 2.24) is 10.6 Å². The van der Waals surface area contributed by atoms with Gasteiger partial charge < -0.3 is 16.4 Å². The van der Waals surface area contributed by atoms with Gasteiger partial charge in [-0.25, -0.2) is 4.99 Å². The normalized spacial score (nSPS) is 11.5. The molecule has 0 aliphatic carbocycles. The Labute approximate surface area is 114 Å². The summed E-state index contributed by atoms with van der Waals surface area (Å²) in [6, 6.07) is 7.49. The fourth-order valence-corrected chi connectivity index (χ4v) is 1.54. The molecule has 1 aromatic rings. The highest BCUT2D eigenvalue weighted by molar-refractivity contribution is 5.92. The van der Waals surface area contributed by atoms with E-state index in [0.717, 1.165) is 18.1 Å². The van der Waals surface area contributed by atoms with Crippen molar-refractivity contribution in [2.45, 2.75) is 33.4 Å². The molecule has 5 heteroatoms. The molecule has 1 aromatic carbocycles. The van der Waals surface area contributed by atoms with Crippen molar-refractivity contribution in [2.75, 3.05) is 6.54 Å². The number of hydrogen-bond donors (Lipinski definition) is 3. The number of carbonyl (C=O) groups is 1. The Bertz CT molecular complexity index is 437. The number of guanidine groups is 1. The van der Waals surface area contributed by atoms with E-state index in [-0.39, 0.29) is 0 Å². The first-order valence-corrected chi connectivity index (χ1v) is 6.46. The van der Waals surface area contributed by atoms with Crippen molar-refractivity contribution in [3.63, 3.8) is 0 Å². The minimum Gasteiger partial charge on any atom is -0.366 e. The van der Waals surface area contributed by atoms with Crippen LogP contribution >= 0.6 is 0 Å². The van der Waals surface area contributed by atoms with Crippen LogP contribution in [0.4, 0.5) is 0 Å². The zero-order valence-electron chi connectivity index (χ0n) is 11.7. The lowest BCUT2D eigenvalue weighted by Gasteiger charge is -2.13. The monoisotopic (exact) mass is 262 g/mol. The first-order chi connectivity index (χ1) is 9.02. The number of carbonyl (C=O) groups excluding carboxylic acids is 1. The summed E-state index contributed by atoms with van der Waals surface area (Å²) in [6.07, 6.45) is 0. The Morgan fingerprint density at radius 3 is 2.42 bits per heavy atom. The maximum atomic E-state index is 11.0. The molecule has 0 saturated carbocycles. The Kier molecular flexibility index (Phi) is 5.85. The standard InChI is InChI=1S/C14H22N4O/c1-4-16-14(18-10(2)3)17-9-11-5-7-12(8-6-11)13(15)19/h5-8,10H,4,9H2,1-3H3,(H2,15,19)(H2,16,17,18). The Balaban J connectivity index is 2.68. The third-order valence-electron chi connectivity index (χ3n) is 2.43. The largest absolute Gasteiger partial charge is 0.366 e. The van der Waals surface area contributed by atoms with E-state index in [9.17, 15) is 4.79 Å². The van der Waals surface area contributed by atoms with E-state index >= 15 is 0 Å². The summed E-state index contributed by atoms with van der Waals surface area (Å²) in [5.41, 5.74) is 6.74. The van der Waals surface area contributed by atoms with Crippen LogP contribution in [0, 0.1) is 0 Å². The van der Waals surface area contributed by atoms with Crippen LogP contribution in [0.15, 0.2) is 29.3 Å². The van der Waals surface area contributed by atoms with Crippen LogP contribution in [0.25, 0.3) is 0 Å². The lowest BCUT2D eigenvalue weighted by atomic mass is 10.1. The van der Waals surface area contributed by atoms with Crippen molar-refractivity contribution < 1.29 is 4.79 Å². The molecule has 4 N–H and O–H groups in total. The maximum absolute atomic E-state index is 11.0. The second-order valence-corrected chi connectivity index (χ2v) is 4.56. The molecule has 0 spiro atoms. The molecule has 0 heterocycles. The highest BCUT2D eigenvalue weighted by Crippen LogP contribution is 2.05. The molecular weight excluding hydrogens is 240 g/mol. The number of hydrogen-bond acceptors (Lipinski definition) is 2. The minimum atomic E-state index is -0.412. The van der Waals surface area contributed by atoms with Crippen molar-refractivity contribution in [3.05, 3.63) is 35.4 Å². The van der Waals surface area contributed by atoms with Crippen molar-refractivity contribution in [3.8, 4) is 0 Å². The van der Waals surface area contributed by atoms with Gasteiger partial charge >= 0.3 is 0 Å². The van der Waals surface area contributed by atoms with Gasteiger partial charge in [-0.2, -0.15) is 0 Å². The van der Waals surface area contributed by atoms with Gasteiger partial charge in [0.25, 0.3) is 0 Å². The number of rotatable bonds is 5. The van der Waals surface area contributed by atoms with E-state index in [1.807, 2.05) is 19.1 Å². The number of nitrogens with two attached hydrogens (primary N) is 1. The first kappa shape index (κ1) is 15.0. The van der Waals surface area contributed by atoms with Crippen LogP contribution in [-0.4, -0.2) is 24.5 Å². The van der Waals surface area contributed by atoms with Gasteiger partial charge in [-0.15, -0.1) is 0 Å². The van der Waals surface area contributed by atoms with E-state index in [0.29, 0.717) is 18.2 Å². The molecule has 0 unspecified atom stereocenters. The molecule has 0 aliphatic rings. The van der Waals surface area contributed by atoms with Gasteiger partial charge in [0.05, 0.1) is 6.54 Å². The second-order valence-electron chi connectivity index (χ2n) is 4.56. The van der Waals surface area contributed by atoms with Crippen LogP contribution in [0.5, 0.6) is 0 Å². The fourth-order valence-electron chi connectivity index (χ4n) is 1.54. The Morgan fingerprint density at radius 1 is 1.32 bits per heavy atom. The van der Waals surface area contributed by atoms with Crippen LogP contribution < -0.4 is 16.4 Å². The number of aliphatic imine (C=N–C) groups is 1. The van der Waals surface area contributed by atoms with E-state index in [1.54, 1.807) is 12.1 Å². The summed E-state index contributed by atoms with van der Waals surface area (Å²) in [6.45, 7) is 7.53. The van der Waals surface area contributed by atoms with Crippen LogP contribution in [-0.2, 0) is 6.54 Å². The van der Waals surface area contributed by atoms with E-state index in [1.165, 1.54) is 0 Å². The number of nitrogens with one attached hydrogen (secondary N) is 2. The molecule has 0 radical (unpaired) electrons. The minimum absolute atomic E-state index is 0.329. The van der Waals surface area contributed by atoms with E-state index < -0.39 is 5.91 Å². The van der Waals surface area contributed by atoms with Gasteiger partial charge in [-0.3, -0.25) is 4.79 Å². The van der Waals surface area contributed by atoms with E-state index in [2.05, 4.69) is 29.5 Å². The van der Waals surface area contributed by atoms with Crippen molar-refractivity contribution >= 4 is 11.9 Å². The molecule has 1 rings (SSSR count). The summed E-state index contributed by atoms with van der Waals surface area (Å²) in [7, 11) is 0. The zero-order chi connectivity index (χ0) is 14.3. The molecule has 19 heavy (non-hydrogen) atoms. The van der Waals surface area contributed by atoms with Crippen LogP contribution in [0.1, 0.15) is 36.7 Å². The highest BCUT2D eigenvalue weighted by atomic mass is 16.1. The van der Waals surface area contributed by atoms with Gasteiger partial charge in [0.1, 0.15) is 0 Å². The highest BCUT2D eigenvalue weighted by Gasteiger charge is 2.01. The van der Waals surface area contributed by atoms with Gasteiger partial charge in [0.2, 0.25) is 5.91 Å². The molecule has 5 nitrogen and oxygen atoms in total. The molecule has 104 valence electrons. The fraction of sp³-hybridized carbons (Fsp3) is 0.429. The lowest BCUT2D eigenvalue weighted by Crippen LogP contribution is -2.40. The van der Waals surface area contributed by atoms with Gasteiger partial charge in [-0.05, 0) is 38.5 Å². The third kappa shape index (κ3) is 5.42. The van der Waals surface area contributed by atoms with Crippen molar-refractivity contribution in [1.29, 1.82) is 0 Å². The predicted molar refractivity (Wildman–Crippen MR) is 78.0 cm³/mol. The lowest BCUT2D eigenvalue weighted by molar-refractivity contribution is 0.100. The van der Waals surface area contributed by atoms with Crippen LogP contribution in [0.3, 0.4) is 0 Å². The van der Waals surface area contributed by atoms with Crippen LogP contribution in [0.2, 0.25) is 0 Å². The predicted octanol–water partition coefficient (Wildman–Crippen LogP) is 1.25. The molecule has 0 aliphatic heterocycles. The molecular formula is C14H22N4O.